The molecule has 0 atom stereocenters. The fraction of sp³-hybridized carbons (Fsp3) is 0.182. The van der Waals surface area contributed by atoms with Crippen molar-refractivity contribution in [1.29, 1.82) is 0 Å². The molecule has 1 heteroatoms. The van der Waals surface area contributed by atoms with E-state index >= 15 is 0 Å². The summed E-state index contributed by atoms with van der Waals surface area (Å²) in [5.74, 6) is 5.88. The highest BCUT2D eigenvalue weighted by molar-refractivity contribution is 5.35. The van der Waals surface area contributed by atoms with Crippen molar-refractivity contribution < 1.29 is 0 Å². The lowest BCUT2D eigenvalue weighted by Crippen LogP contribution is -1.78. The zero-order valence-corrected chi connectivity index (χ0v) is 7.17. The molecule has 0 aromatic carbocycles. The Hall–Kier alpha value is -1.55. The quantitative estimate of drug-likeness (QED) is 0.570. The lowest BCUT2D eigenvalue weighted by atomic mass is 10.2. The van der Waals surface area contributed by atoms with Crippen LogP contribution >= 0.6 is 0 Å². The van der Waals surface area contributed by atoms with Crippen molar-refractivity contribution in [3.8, 4) is 11.8 Å². The molecule has 1 rings (SSSR count). The molecule has 0 spiro atoms. The van der Waals surface area contributed by atoms with E-state index in [1.165, 1.54) is 0 Å². The number of hydrogen-bond acceptors (Lipinski definition) is 1. The molecular weight excluding hydrogens is 146 g/mol. The second-order valence-corrected chi connectivity index (χ2v) is 2.42. The van der Waals surface area contributed by atoms with E-state index in [0.717, 1.165) is 17.7 Å². The Labute approximate surface area is 73.2 Å². The minimum atomic E-state index is 0.798. The lowest BCUT2D eigenvalue weighted by molar-refractivity contribution is 1.17. The summed E-state index contributed by atoms with van der Waals surface area (Å²) in [6.45, 7) is 5.82. The van der Waals surface area contributed by atoms with Gasteiger partial charge < -0.3 is 0 Å². The lowest BCUT2D eigenvalue weighted by Gasteiger charge is -1.87. The molecule has 0 fully saturated rings. The topological polar surface area (TPSA) is 12.9 Å². The van der Waals surface area contributed by atoms with Gasteiger partial charge in [-0.15, -0.1) is 0 Å². The summed E-state index contributed by atoms with van der Waals surface area (Å²) in [5, 5.41) is 0. The van der Waals surface area contributed by atoms with Crippen molar-refractivity contribution in [2.24, 2.45) is 0 Å². The van der Waals surface area contributed by atoms with Crippen LogP contribution in [0.5, 0.6) is 0 Å². The predicted molar refractivity (Wildman–Crippen MR) is 50.5 cm³/mol. The van der Waals surface area contributed by atoms with Crippen molar-refractivity contribution in [1.82, 2.24) is 4.98 Å². The van der Waals surface area contributed by atoms with Gasteiger partial charge in [0.15, 0.2) is 0 Å². The molecule has 0 saturated heterocycles. The maximum absolute atomic E-state index is 4.07. The highest BCUT2D eigenvalue weighted by Crippen LogP contribution is 1.94. The van der Waals surface area contributed by atoms with Gasteiger partial charge in [-0.3, -0.25) is 0 Å². The normalized spacial score (nSPS) is 8.42. The zero-order chi connectivity index (χ0) is 8.81. The average Bonchev–Trinajstić information content (AvgIpc) is 2.16. The van der Waals surface area contributed by atoms with E-state index in [4.69, 9.17) is 0 Å². The molecule has 1 nitrogen and oxygen atoms in total. The molecule has 0 bridgehead atoms. The van der Waals surface area contributed by atoms with Crippen molar-refractivity contribution in [3.63, 3.8) is 0 Å². The first-order valence-corrected chi connectivity index (χ1v) is 3.93. The molecule has 0 aliphatic heterocycles. The second kappa shape index (κ2) is 4.35. The third kappa shape index (κ3) is 2.59. The Kier molecular flexibility index (Phi) is 3.10. The predicted octanol–water partition coefficient (Wildman–Crippen LogP) is 2.40. The standard InChI is InChI=1S/C11H11N/c1-3-10(2)7-8-11-6-4-5-9-12-11/h4-6,9H,2-3H2,1H3. The van der Waals surface area contributed by atoms with Gasteiger partial charge in [-0.2, -0.15) is 0 Å². The maximum Gasteiger partial charge on any atom is 0.113 e. The number of hydrogen-bond donors (Lipinski definition) is 0. The van der Waals surface area contributed by atoms with Crippen LogP contribution in [0.15, 0.2) is 36.5 Å². The Bertz CT molecular complexity index is 314. The molecule has 0 radical (unpaired) electrons. The first kappa shape index (κ1) is 8.55. The van der Waals surface area contributed by atoms with Gasteiger partial charge in [-0.1, -0.05) is 25.5 Å². The fourth-order valence-corrected chi connectivity index (χ4v) is 0.678. The fourth-order valence-electron chi connectivity index (χ4n) is 0.678. The molecule has 0 saturated carbocycles. The largest absolute Gasteiger partial charge is 0.248 e. The molecule has 60 valence electrons. The summed E-state index contributed by atoms with van der Waals surface area (Å²) in [6, 6.07) is 5.68. The van der Waals surface area contributed by atoms with E-state index in [1.807, 2.05) is 25.1 Å². The van der Waals surface area contributed by atoms with Crippen LogP contribution in [0.25, 0.3) is 0 Å². The van der Waals surface area contributed by atoms with Crippen LogP contribution in [0.2, 0.25) is 0 Å². The van der Waals surface area contributed by atoms with Gasteiger partial charge in [-0.05, 0) is 30.0 Å². The van der Waals surface area contributed by atoms with Crippen LogP contribution in [0, 0.1) is 11.8 Å². The summed E-state index contributed by atoms with van der Waals surface area (Å²) in [6.07, 6.45) is 2.64. The number of pyridine rings is 1. The van der Waals surface area contributed by atoms with E-state index < -0.39 is 0 Å². The van der Waals surface area contributed by atoms with Gasteiger partial charge in [0, 0.05) is 6.20 Å². The van der Waals surface area contributed by atoms with Crippen LogP contribution in [0.3, 0.4) is 0 Å². The van der Waals surface area contributed by atoms with Gasteiger partial charge in [0.05, 0.1) is 0 Å². The van der Waals surface area contributed by atoms with E-state index in [9.17, 15) is 0 Å². The SMILES string of the molecule is C=C(C#Cc1ccccn1)CC. The van der Waals surface area contributed by atoms with E-state index in [2.05, 4.69) is 23.4 Å². The van der Waals surface area contributed by atoms with Crippen LogP contribution < -0.4 is 0 Å². The van der Waals surface area contributed by atoms with E-state index in [1.54, 1.807) is 6.20 Å². The maximum atomic E-state index is 4.07. The van der Waals surface area contributed by atoms with Crippen LogP contribution in [0.4, 0.5) is 0 Å². The summed E-state index contributed by atoms with van der Waals surface area (Å²) in [5.41, 5.74) is 1.74. The number of nitrogens with zero attached hydrogens (tertiary/aromatic N) is 1. The Morgan fingerprint density at radius 3 is 3.00 bits per heavy atom. The van der Waals surface area contributed by atoms with Crippen LogP contribution in [-0.2, 0) is 0 Å². The summed E-state index contributed by atoms with van der Waals surface area (Å²) in [4.78, 5) is 4.07. The van der Waals surface area contributed by atoms with Crippen molar-refractivity contribution in [3.05, 3.63) is 42.2 Å². The van der Waals surface area contributed by atoms with Crippen LogP contribution in [-0.4, -0.2) is 4.98 Å². The minimum absolute atomic E-state index is 0.798. The second-order valence-electron chi connectivity index (χ2n) is 2.42. The summed E-state index contributed by atoms with van der Waals surface area (Å²) in [7, 11) is 0. The highest BCUT2D eigenvalue weighted by Gasteiger charge is 1.83. The van der Waals surface area contributed by atoms with Gasteiger partial charge in [0.25, 0.3) is 0 Å². The number of rotatable bonds is 1. The molecule has 1 aromatic heterocycles. The molecular formula is C11H11N. The van der Waals surface area contributed by atoms with Crippen molar-refractivity contribution in [2.45, 2.75) is 13.3 Å². The number of allylic oxidation sites excluding steroid dienone is 1. The van der Waals surface area contributed by atoms with Crippen molar-refractivity contribution in [2.75, 3.05) is 0 Å². The molecule has 0 N–H and O–H groups in total. The molecule has 0 amide bonds. The molecule has 0 aliphatic carbocycles. The molecule has 12 heavy (non-hydrogen) atoms. The smallest absolute Gasteiger partial charge is 0.113 e. The van der Waals surface area contributed by atoms with Crippen LogP contribution in [0.1, 0.15) is 19.0 Å². The first-order valence-electron chi connectivity index (χ1n) is 3.93. The molecule has 1 aromatic rings. The number of aromatic nitrogens is 1. The Morgan fingerprint density at radius 2 is 2.42 bits per heavy atom. The van der Waals surface area contributed by atoms with Gasteiger partial charge >= 0.3 is 0 Å². The average molecular weight is 157 g/mol. The van der Waals surface area contributed by atoms with E-state index in [-0.39, 0.29) is 0 Å². The third-order valence-corrected chi connectivity index (χ3v) is 1.46. The third-order valence-electron chi connectivity index (χ3n) is 1.46. The monoisotopic (exact) mass is 157 g/mol. The molecule has 0 aliphatic rings. The highest BCUT2D eigenvalue weighted by atomic mass is 14.6. The van der Waals surface area contributed by atoms with Gasteiger partial charge in [0.1, 0.15) is 5.69 Å². The van der Waals surface area contributed by atoms with Crippen molar-refractivity contribution >= 4 is 0 Å². The van der Waals surface area contributed by atoms with Gasteiger partial charge in [-0.25, -0.2) is 4.98 Å². The molecule has 0 unspecified atom stereocenters. The zero-order valence-electron chi connectivity index (χ0n) is 7.17. The summed E-state index contributed by atoms with van der Waals surface area (Å²) >= 11 is 0. The Morgan fingerprint density at radius 1 is 1.58 bits per heavy atom. The Balaban J connectivity index is 2.74. The first-order chi connectivity index (χ1) is 5.83. The van der Waals surface area contributed by atoms with E-state index in [0.29, 0.717) is 0 Å². The van der Waals surface area contributed by atoms with Gasteiger partial charge in [0.2, 0.25) is 0 Å². The molecule has 1 heterocycles. The minimum Gasteiger partial charge on any atom is -0.248 e. The summed E-state index contributed by atoms with van der Waals surface area (Å²) < 4.78 is 0.